The largest absolute Gasteiger partial charge is 0.450 e. The molecule has 5 aliphatic heterocycles. The molecule has 7 nitrogen and oxygen atoms in total. The second kappa shape index (κ2) is 9.93. The van der Waals surface area contributed by atoms with Crippen molar-refractivity contribution in [2.45, 2.75) is 111 Å². The van der Waals surface area contributed by atoms with Crippen LogP contribution in [0.3, 0.4) is 0 Å². The van der Waals surface area contributed by atoms with E-state index in [0.29, 0.717) is 41.2 Å². The van der Waals surface area contributed by atoms with Gasteiger partial charge < -0.3 is 15.4 Å². The fourth-order valence-electron chi connectivity index (χ4n) is 7.45. The number of ether oxygens (including phenoxy) is 1. The summed E-state index contributed by atoms with van der Waals surface area (Å²) in [5, 5.41) is 7.01. The summed E-state index contributed by atoms with van der Waals surface area (Å²) in [6, 6.07) is 1.38. The molecule has 0 radical (unpaired) electrons. The molecule has 5 heterocycles. The summed E-state index contributed by atoms with van der Waals surface area (Å²) in [4.78, 5) is 38.8. The molecule has 6 aliphatic rings. The zero-order valence-electron chi connectivity index (χ0n) is 20.3. The normalized spacial score (nSPS) is 39.4. The van der Waals surface area contributed by atoms with E-state index in [2.05, 4.69) is 15.5 Å². The minimum atomic E-state index is -0.326. The lowest BCUT2D eigenvalue weighted by molar-refractivity contribution is -0.148. The second-order valence-electron chi connectivity index (χ2n) is 11.1. The first-order valence-electron chi connectivity index (χ1n) is 13.6. The molecule has 2 amide bonds. The Morgan fingerprint density at radius 3 is 3.00 bits per heavy atom. The van der Waals surface area contributed by atoms with E-state index in [0.717, 1.165) is 63.0 Å². The van der Waals surface area contributed by atoms with Gasteiger partial charge in [-0.2, -0.15) is 23.5 Å². The third-order valence-electron chi connectivity index (χ3n) is 9.05. The molecule has 2 N–H and O–H groups in total. The number of nitrogens with one attached hydrogen (secondary N) is 2. The van der Waals surface area contributed by atoms with Crippen molar-refractivity contribution in [1.29, 1.82) is 0 Å². The van der Waals surface area contributed by atoms with E-state index in [1.165, 1.54) is 18.4 Å². The number of Topliss-reactive ketones (excluding diaryl/α,β-unsaturated/α-hetero) is 1. The van der Waals surface area contributed by atoms with E-state index in [1.54, 1.807) is 6.08 Å². The van der Waals surface area contributed by atoms with Gasteiger partial charge in [-0.25, -0.2) is 9.59 Å². The number of unbranched alkanes of at least 4 members (excludes halogenated alkanes) is 1. The third kappa shape index (κ3) is 4.54. The number of thioether (sulfide) groups is 2. The van der Waals surface area contributed by atoms with Gasteiger partial charge in [0.1, 0.15) is 5.78 Å². The van der Waals surface area contributed by atoms with E-state index < -0.39 is 0 Å². The van der Waals surface area contributed by atoms with Crippen LogP contribution >= 0.6 is 23.5 Å². The van der Waals surface area contributed by atoms with Crippen molar-refractivity contribution in [3.63, 3.8) is 0 Å². The van der Waals surface area contributed by atoms with Gasteiger partial charge >= 0.3 is 12.0 Å². The van der Waals surface area contributed by atoms with Crippen molar-refractivity contribution < 1.29 is 19.1 Å². The van der Waals surface area contributed by atoms with Crippen LogP contribution in [0.2, 0.25) is 0 Å². The number of nitrogens with zero attached hydrogens (tertiary/aromatic N) is 1. The Hall–Kier alpha value is -1.19. The summed E-state index contributed by atoms with van der Waals surface area (Å²) in [7, 11) is 0. The predicted octanol–water partition coefficient (Wildman–Crippen LogP) is 3.42. The predicted molar refractivity (Wildman–Crippen MR) is 139 cm³/mol. The Balaban J connectivity index is 0.910. The first-order valence-corrected chi connectivity index (χ1v) is 15.6. The standard InChI is InChI=1S/C26H37N3O4S2/c30-17(6-1-2-8-20-24-18(15-35-20)27-25(32)28-24)7-5-11-34-21-12-16-13-23(31)33-26(16)14-19(21)29-10-4-3-9-22(26)29/h13,18-22,24H,1-12,14-15H2,(H2,27,28,32)/t18-,19-,20-,21-,22+,24-,26-/m0/s1. The van der Waals surface area contributed by atoms with Gasteiger partial charge in [0.25, 0.3) is 0 Å². The van der Waals surface area contributed by atoms with Gasteiger partial charge in [-0.15, -0.1) is 0 Å². The molecule has 5 fully saturated rings. The number of ketones is 1. The lowest BCUT2D eigenvalue weighted by atomic mass is 9.77. The average Bonchev–Trinajstić information content (AvgIpc) is 3.56. The molecule has 0 unspecified atom stereocenters. The van der Waals surface area contributed by atoms with Gasteiger partial charge in [0.15, 0.2) is 5.60 Å². The second-order valence-corrected chi connectivity index (χ2v) is 13.7. The minimum absolute atomic E-state index is 0.0311. The third-order valence-corrected chi connectivity index (χ3v) is 12.0. The average molecular weight is 520 g/mol. The molecule has 0 aromatic carbocycles. The van der Waals surface area contributed by atoms with Gasteiger partial charge in [-0.05, 0) is 56.4 Å². The van der Waals surface area contributed by atoms with E-state index in [9.17, 15) is 14.4 Å². The summed E-state index contributed by atoms with van der Waals surface area (Å²) in [6.07, 6.45) is 12.7. The monoisotopic (exact) mass is 519 g/mol. The number of urea groups is 1. The SMILES string of the molecule is O=C(CCCC[C@@H]1SC[C@@H]2NC(=O)N[C@@H]21)CCCS[C@H]1CC2=CC(=O)O[C@@]23C[C@@H]1N1CCCC[C@@H]13. The van der Waals surface area contributed by atoms with Crippen LogP contribution in [0.15, 0.2) is 11.6 Å². The molecule has 35 heavy (non-hydrogen) atoms. The Morgan fingerprint density at radius 1 is 1.20 bits per heavy atom. The number of amides is 2. The molecular weight excluding hydrogens is 482 g/mol. The molecule has 2 bridgehead atoms. The van der Waals surface area contributed by atoms with E-state index >= 15 is 0 Å². The van der Waals surface area contributed by atoms with Crippen molar-refractivity contribution in [2.24, 2.45) is 0 Å². The van der Waals surface area contributed by atoms with Crippen molar-refractivity contribution in [2.75, 3.05) is 18.1 Å². The van der Waals surface area contributed by atoms with Crippen LogP contribution < -0.4 is 10.6 Å². The lowest BCUT2D eigenvalue weighted by Crippen LogP contribution is -2.48. The maximum atomic E-state index is 12.5. The molecule has 7 atom stereocenters. The van der Waals surface area contributed by atoms with Crippen LogP contribution in [-0.2, 0) is 14.3 Å². The van der Waals surface area contributed by atoms with Gasteiger partial charge in [0, 0.05) is 47.6 Å². The van der Waals surface area contributed by atoms with E-state index in [-0.39, 0.29) is 29.7 Å². The Morgan fingerprint density at radius 2 is 2.09 bits per heavy atom. The minimum Gasteiger partial charge on any atom is -0.450 e. The molecule has 6 rings (SSSR count). The number of carbonyl (C=O) groups excluding carboxylic acids is 3. The van der Waals surface area contributed by atoms with Crippen LogP contribution in [0.5, 0.6) is 0 Å². The van der Waals surface area contributed by atoms with Crippen LogP contribution in [0.4, 0.5) is 4.79 Å². The van der Waals surface area contributed by atoms with Gasteiger partial charge in [-0.1, -0.05) is 12.8 Å². The zero-order chi connectivity index (χ0) is 24.0. The summed E-state index contributed by atoms with van der Waals surface area (Å²) >= 11 is 3.95. The van der Waals surface area contributed by atoms with Crippen molar-refractivity contribution in [1.82, 2.24) is 15.5 Å². The van der Waals surface area contributed by atoms with Crippen LogP contribution in [-0.4, -0.2) is 81.0 Å². The van der Waals surface area contributed by atoms with Gasteiger partial charge in [-0.3, -0.25) is 9.69 Å². The number of piperidine rings is 1. The number of hydrogen-bond donors (Lipinski definition) is 2. The lowest BCUT2D eigenvalue weighted by Gasteiger charge is -2.38. The summed E-state index contributed by atoms with van der Waals surface area (Å²) in [6.45, 7) is 1.13. The zero-order valence-corrected chi connectivity index (χ0v) is 22.0. The quantitative estimate of drug-likeness (QED) is 0.260. The number of esters is 1. The van der Waals surface area contributed by atoms with Gasteiger partial charge in [0.2, 0.25) is 0 Å². The number of rotatable bonds is 10. The first-order chi connectivity index (χ1) is 17.0. The molecule has 0 aromatic heterocycles. The van der Waals surface area contributed by atoms with Crippen LogP contribution in [0.1, 0.15) is 70.6 Å². The topological polar surface area (TPSA) is 87.7 Å². The smallest absolute Gasteiger partial charge is 0.331 e. The Labute approximate surface area is 216 Å². The van der Waals surface area contributed by atoms with Crippen LogP contribution in [0, 0.1) is 0 Å². The van der Waals surface area contributed by atoms with Crippen molar-refractivity contribution in [3.8, 4) is 0 Å². The Kier molecular flexibility index (Phi) is 6.86. The molecule has 4 saturated heterocycles. The molecule has 1 aliphatic carbocycles. The molecule has 192 valence electrons. The molecular formula is C26H37N3O4S2. The van der Waals surface area contributed by atoms with E-state index in [1.807, 2.05) is 23.5 Å². The maximum Gasteiger partial charge on any atom is 0.331 e. The van der Waals surface area contributed by atoms with Crippen LogP contribution in [0.25, 0.3) is 0 Å². The Bertz CT molecular complexity index is 913. The molecule has 9 heteroatoms. The molecule has 1 saturated carbocycles. The highest BCUT2D eigenvalue weighted by Crippen LogP contribution is 2.56. The summed E-state index contributed by atoms with van der Waals surface area (Å²) in [5.74, 6) is 2.25. The maximum absolute atomic E-state index is 12.5. The first kappa shape index (κ1) is 24.2. The molecule has 1 spiro atoms. The molecule has 0 aromatic rings. The highest BCUT2D eigenvalue weighted by Gasteiger charge is 2.63. The highest BCUT2D eigenvalue weighted by molar-refractivity contribution is 8.00. The summed E-state index contributed by atoms with van der Waals surface area (Å²) < 4.78 is 5.97. The van der Waals surface area contributed by atoms with Gasteiger partial charge in [0.05, 0.1) is 18.1 Å². The number of hydrogen-bond acceptors (Lipinski definition) is 7. The van der Waals surface area contributed by atoms with Crippen molar-refractivity contribution in [3.05, 3.63) is 11.6 Å². The van der Waals surface area contributed by atoms with Crippen molar-refractivity contribution >= 4 is 41.3 Å². The fourth-order valence-corrected chi connectivity index (χ4v) is 10.4. The summed E-state index contributed by atoms with van der Waals surface area (Å²) in [5.41, 5.74) is 0.911. The fraction of sp³-hybridized carbons (Fsp3) is 0.808. The number of fused-ring (bicyclic) bond motifs is 4. The number of carbonyl (C=O) groups is 3. The highest BCUT2D eigenvalue weighted by atomic mass is 32.2. The van der Waals surface area contributed by atoms with E-state index in [4.69, 9.17) is 4.74 Å².